The largest absolute Gasteiger partial charge is 0.420 e. The molecule has 0 spiro atoms. The van der Waals surface area contributed by atoms with Crippen molar-refractivity contribution in [3.8, 4) is 0 Å². The van der Waals surface area contributed by atoms with Gasteiger partial charge in [-0.25, -0.2) is 0 Å². The van der Waals surface area contributed by atoms with Gasteiger partial charge in [-0.3, -0.25) is 33.6 Å². The molecule has 18 heteroatoms. The lowest BCUT2D eigenvalue weighted by Gasteiger charge is -2.44. The van der Waals surface area contributed by atoms with Crippen molar-refractivity contribution in [3.05, 3.63) is 0 Å². The normalized spacial score (nSPS) is 16.4. The molecule has 1 saturated carbocycles. The number of halogens is 3. The second kappa shape index (κ2) is 21.3. The van der Waals surface area contributed by atoms with E-state index in [1.165, 1.54) is 13.8 Å². The van der Waals surface area contributed by atoms with E-state index in [2.05, 4.69) is 31.9 Å². The van der Waals surface area contributed by atoms with Gasteiger partial charge in [-0.05, 0) is 105 Å². The monoisotopic (exact) mass is 833 g/mol. The molecule has 0 aliphatic heterocycles. The predicted molar refractivity (Wildman–Crippen MR) is 215 cm³/mol. The average molecular weight is 833 g/mol. The average Bonchev–Trinajstić information content (AvgIpc) is 3.03. The Morgan fingerprint density at radius 3 is 1.60 bits per heavy atom. The van der Waals surface area contributed by atoms with Gasteiger partial charge in [0.15, 0.2) is 0 Å². The van der Waals surface area contributed by atoms with Crippen LogP contribution in [0.4, 0.5) is 13.2 Å². The third kappa shape index (κ3) is 16.4. The third-order valence-electron chi connectivity index (χ3n) is 10.00. The minimum absolute atomic E-state index is 0.0571. The number of nitrogens with one attached hydrogen (secondary N) is 7. The highest BCUT2D eigenvalue weighted by Crippen LogP contribution is 2.33. The highest BCUT2D eigenvalue weighted by atomic mass is 19.4. The zero-order valence-corrected chi connectivity index (χ0v) is 36.9. The van der Waals surface area contributed by atoms with Crippen LogP contribution < -0.4 is 37.2 Å². The lowest BCUT2D eigenvalue weighted by molar-refractivity contribution is -0.198. The van der Waals surface area contributed by atoms with Gasteiger partial charge < -0.3 is 42.1 Å². The fourth-order valence-electron chi connectivity index (χ4n) is 6.35. The van der Waals surface area contributed by atoms with Crippen molar-refractivity contribution in [1.82, 2.24) is 42.1 Å². The van der Waals surface area contributed by atoms with Gasteiger partial charge in [-0.15, -0.1) is 0 Å². The summed E-state index contributed by atoms with van der Waals surface area (Å²) in [5.74, 6) is -5.95. The van der Waals surface area contributed by atoms with E-state index in [0.717, 1.165) is 33.1 Å². The van der Waals surface area contributed by atoms with Gasteiger partial charge in [0.1, 0.15) is 23.2 Å². The van der Waals surface area contributed by atoms with Crippen LogP contribution in [0.5, 0.6) is 0 Å². The van der Waals surface area contributed by atoms with Crippen molar-refractivity contribution < 1.29 is 46.7 Å². The molecule has 7 amide bonds. The summed E-state index contributed by atoms with van der Waals surface area (Å²) < 4.78 is 43.4. The molecule has 3 atom stereocenters. The summed E-state index contributed by atoms with van der Waals surface area (Å²) in [6, 6.07) is -2.41. The fraction of sp³-hybridized carbons (Fsp3) is 0.825. The lowest BCUT2D eigenvalue weighted by atomic mass is 9.76. The smallest absolute Gasteiger partial charge is 0.353 e. The minimum atomic E-state index is -5.29. The Hall–Kier alpha value is -3.96. The maximum absolute atomic E-state index is 14.5. The van der Waals surface area contributed by atoms with Gasteiger partial charge in [0, 0.05) is 25.9 Å². The highest BCUT2D eigenvalue weighted by Gasteiger charge is 2.59. The van der Waals surface area contributed by atoms with Crippen LogP contribution in [-0.4, -0.2) is 114 Å². The number of carbonyl (C=O) groups excluding carboxylic acids is 7. The van der Waals surface area contributed by atoms with Crippen LogP contribution in [0.15, 0.2) is 0 Å². The molecule has 1 aliphatic carbocycles. The Morgan fingerprint density at radius 1 is 0.638 bits per heavy atom. The Bertz CT molecular complexity index is 1460. The second-order valence-corrected chi connectivity index (χ2v) is 18.6. The van der Waals surface area contributed by atoms with Gasteiger partial charge in [0.2, 0.25) is 41.0 Å². The quantitative estimate of drug-likeness (QED) is 0.0814. The maximum atomic E-state index is 14.5. The number of carbonyl (C=O) groups is 7. The van der Waals surface area contributed by atoms with Gasteiger partial charge in [-0.2, -0.15) is 13.2 Å². The standard InChI is InChI=1S/C40H71F3N8O7/c1-24(2)15-16-29(52)47-36(7,8)33(56)46-27(21-25(3)4)31(54)45-28(22-26(5)6)32(55)49-37(9,10)34(57)50-38(11,40(41,42)43)35(58)44-20-17-30(53)48-39(18-14-19-39)23-51(12)13/h24-28H,14-23H2,1-13H3,(H,44,58)(H,45,54)(H,46,56)(H,47,52)(H,48,53)(H,49,55)(H,50,57)/t27-,28-,38-/m0/s1. The van der Waals surface area contributed by atoms with Crippen molar-refractivity contribution in [1.29, 1.82) is 0 Å². The van der Waals surface area contributed by atoms with Gasteiger partial charge in [0.05, 0.1) is 5.54 Å². The van der Waals surface area contributed by atoms with Crippen molar-refractivity contribution in [2.75, 3.05) is 27.2 Å². The van der Waals surface area contributed by atoms with Crippen LogP contribution in [0.3, 0.4) is 0 Å². The first-order chi connectivity index (χ1) is 26.4. The number of likely N-dealkylation sites (N-methyl/N-ethyl adjacent to an activating group) is 1. The number of nitrogens with zero attached hydrogens (tertiary/aromatic N) is 1. The number of alkyl halides is 3. The molecule has 58 heavy (non-hydrogen) atoms. The van der Waals surface area contributed by atoms with Crippen molar-refractivity contribution >= 4 is 41.4 Å². The molecule has 15 nitrogen and oxygen atoms in total. The van der Waals surface area contributed by atoms with E-state index in [0.29, 0.717) is 19.9 Å². The molecule has 0 aromatic heterocycles. The van der Waals surface area contributed by atoms with E-state index in [1.807, 2.05) is 46.7 Å². The van der Waals surface area contributed by atoms with Gasteiger partial charge >= 0.3 is 6.18 Å². The number of amides is 7. The Morgan fingerprint density at radius 2 is 1.16 bits per heavy atom. The molecule has 0 unspecified atom stereocenters. The second-order valence-electron chi connectivity index (χ2n) is 18.6. The van der Waals surface area contributed by atoms with Crippen LogP contribution in [-0.2, 0) is 33.6 Å². The molecule has 1 rings (SSSR count). The van der Waals surface area contributed by atoms with E-state index in [4.69, 9.17) is 0 Å². The summed E-state index contributed by atoms with van der Waals surface area (Å²) in [7, 11) is 3.73. The molecule has 0 saturated heterocycles. The topological polar surface area (TPSA) is 207 Å². The molecule has 0 bridgehead atoms. The van der Waals surface area contributed by atoms with E-state index in [1.54, 1.807) is 19.2 Å². The first-order valence-corrected chi connectivity index (χ1v) is 20.2. The van der Waals surface area contributed by atoms with Crippen molar-refractivity contribution in [3.63, 3.8) is 0 Å². The van der Waals surface area contributed by atoms with Gasteiger partial charge in [-0.1, -0.05) is 41.5 Å². The summed E-state index contributed by atoms with van der Waals surface area (Å²) in [6.45, 7) is 17.1. The molecule has 1 aliphatic rings. The summed E-state index contributed by atoms with van der Waals surface area (Å²) in [5, 5.41) is 17.2. The number of rotatable bonds is 23. The third-order valence-corrected chi connectivity index (χ3v) is 10.00. The highest BCUT2D eigenvalue weighted by molar-refractivity contribution is 5.99. The zero-order valence-electron chi connectivity index (χ0n) is 36.9. The maximum Gasteiger partial charge on any atom is 0.420 e. The molecule has 0 radical (unpaired) electrons. The number of hydrogen-bond acceptors (Lipinski definition) is 8. The van der Waals surface area contributed by atoms with E-state index in [-0.39, 0.29) is 49.3 Å². The Balaban J connectivity index is 3.10. The van der Waals surface area contributed by atoms with E-state index in [9.17, 15) is 46.7 Å². The molecule has 0 heterocycles. The predicted octanol–water partition coefficient (Wildman–Crippen LogP) is 2.82. The number of hydrogen-bond donors (Lipinski definition) is 7. The van der Waals surface area contributed by atoms with E-state index < -0.39 is 82.4 Å². The SMILES string of the molecule is CC(C)CCC(=O)NC(C)(C)C(=O)N[C@@H](CC(C)C)C(=O)N[C@@H](CC(C)C)C(=O)NC(C)(C)C(=O)N[C@@](C)(C(=O)NCCC(=O)NC1(CN(C)C)CCC1)C(F)(F)F. The van der Waals surface area contributed by atoms with Crippen LogP contribution in [0.2, 0.25) is 0 Å². The molecule has 1 fully saturated rings. The molecule has 0 aromatic carbocycles. The first-order valence-electron chi connectivity index (χ1n) is 20.2. The molecule has 7 N–H and O–H groups in total. The molecule has 0 aromatic rings. The minimum Gasteiger partial charge on any atom is -0.353 e. The van der Waals surface area contributed by atoms with E-state index >= 15 is 0 Å². The first kappa shape index (κ1) is 52.1. The Labute approximate surface area is 342 Å². The lowest BCUT2D eigenvalue weighted by Crippen LogP contribution is -2.70. The van der Waals surface area contributed by atoms with Crippen molar-refractivity contribution in [2.24, 2.45) is 17.8 Å². The molecule has 334 valence electrons. The van der Waals surface area contributed by atoms with Crippen LogP contribution in [0.25, 0.3) is 0 Å². The van der Waals surface area contributed by atoms with Crippen LogP contribution in [0.1, 0.15) is 128 Å². The molecular formula is C40H71F3N8O7. The van der Waals surface area contributed by atoms with Crippen LogP contribution >= 0.6 is 0 Å². The summed E-state index contributed by atoms with van der Waals surface area (Å²) in [4.78, 5) is 94.3. The van der Waals surface area contributed by atoms with Crippen molar-refractivity contribution in [2.45, 2.75) is 168 Å². The molecular weight excluding hydrogens is 761 g/mol. The summed E-state index contributed by atoms with van der Waals surface area (Å²) in [6.07, 6.45) is -2.07. The zero-order chi connectivity index (χ0) is 45.0. The fourth-order valence-corrected chi connectivity index (χ4v) is 6.35. The van der Waals surface area contributed by atoms with Crippen LogP contribution in [0, 0.1) is 17.8 Å². The summed E-state index contributed by atoms with van der Waals surface area (Å²) in [5.41, 5.74) is -7.28. The Kier molecular flexibility index (Phi) is 19.2. The van der Waals surface area contributed by atoms with Gasteiger partial charge in [0.25, 0.3) is 5.91 Å². The summed E-state index contributed by atoms with van der Waals surface area (Å²) >= 11 is 0.